The molecule has 0 radical (unpaired) electrons. The maximum Gasteiger partial charge on any atom is 0.270 e. The van der Waals surface area contributed by atoms with Gasteiger partial charge < -0.3 is 19.5 Å². The first kappa shape index (κ1) is 20.9. The zero-order valence-electron chi connectivity index (χ0n) is 17.7. The van der Waals surface area contributed by atoms with Crippen molar-refractivity contribution in [2.45, 2.75) is 6.54 Å². The third kappa shape index (κ3) is 4.36. The van der Waals surface area contributed by atoms with Crippen LogP contribution in [0.3, 0.4) is 0 Å². The van der Waals surface area contributed by atoms with Crippen LogP contribution in [0, 0.1) is 0 Å². The zero-order chi connectivity index (χ0) is 22.8. The Morgan fingerprint density at radius 1 is 1.06 bits per heavy atom. The van der Waals surface area contributed by atoms with Crippen LogP contribution in [0.5, 0.6) is 17.2 Å². The second-order valence-electron chi connectivity index (χ2n) is 7.41. The molecule has 0 atom stereocenters. The summed E-state index contributed by atoms with van der Waals surface area (Å²) in [6.07, 6.45) is 0. The van der Waals surface area contributed by atoms with E-state index >= 15 is 0 Å². The predicted octanol–water partition coefficient (Wildman–Crippen LogP) is 4.86. The molecule has 166 valence electrons. The summed E-state index contributed by atoms with van der Waals surface area (Å²) in [4.78, 5) is 13.2. The van der Waals surface area contributed by atoms with E-state index in [2.05, 4.69) is 5.32 Å². The Balaban J connectivity index is 1.45. The van der Waals surface area contributed by atoms with Crippen LogP contribution >= 0.6 is 11.6 Å². The molecule has 0 fully saturated rings. The molecule has 4 aromatic rings. The molecule has 0 saturated carbocycles. The van der Waals surface area contributed by atoms with Gasteiger partial charge in [-0.2, -0.15) is 5.10 Å². The smallest absolute Gasteiger partial charge is 0.270 e. The van der Waals surface area contributed by atoms with E-state index in [0.29, 0.717) is 40.1 Å². The Kier molecular flexibility index (Phi) is 5.62. The number of carbonyl (C=O) groups excluding carboxylic acids is 1. The minimum atomic E-state index is -0.264. The second kappa shape index (κ2) is 8.88. The van der Waals surface area contributed by atoms with Crippen molar-refractivity contribution in [3.63, 3.8) is 0 Å². The molecular formula is C25H20ClN3O4. The molecule has 7 nitrogen and oxygen atoms in total. The van der Waals surface area contributed by atoms with Gasteiger partial charge in [0, 0.05) is 17.1 Å². The number of halogens is 1. The molecule has 33 heavy (non-hydrogen) atoms. The van der Waals surface area contributed by atoms with Crippen LogP contribution in [0.15, 0.2) is 72.8 Å². The number of rotatable bonds is 6. The van der Waals surface area contributed by atoms with Crippen molar-refractivity contribution in [2.75, 3.05) is 13.9 Å². The summed E-state index contributed by atoms with van der Waals surface area (Å²) >= 11 is 6.19. The lowest BCUT2D eigenvalue weighted by Gasteiger charge is -2.09. The van der Waals surface area contributed by atoms with Crippen molar-refractivity contribution in [1.29, 1.82) is 0 Å². The van der Waals surface area contributed by atoms with Gasteiger partial charge in [0.15, 0.2) is 11.5 Å². The van der Waals surface area contributed by atoms with E-state index in [-0.39, 0.29) is 12.7 Å². The van der Waals surface area contributed by atoms with Gasteiger partial charge in [0.2, 0.25) is 6.79 Å². The Labute approximate surface area is 195 Å². The maximum absolute atomic E-state index is 13.2. The first-order chi connectivity index (χ1) is 16.1. The van der Waals surface area contributed by atoms with Crippen LogP contribution in [0.1, 0.15) is 16.1 Å². The molecule has 2 heterocycles. The van der Waals surface area contributed by atoms with Crippen molar-refractivity contribution >= 4 is 17.5 Å². The fourth-order valence-electron chi connectivity index (χ4n) is 3.57. The highest BCUT2D eigenvalue weighted by molar-refractivity contribution is 6.30. The summed E-state index contributed by atoms with van der Waals surface area (Å²) in [5.41, 5.74) is 3.50. The number of aromatic nitrogens is 2. The van der Waals surface area contributed by atoms with Crippen LogP contribution in [0.2, 0.25) is 5.02 Å². The third-order valence-corrected chi connectivity index (χ3v) is 5.51. The van der Waals surface area contributed by atoms with Crippen molar-refractivity contribution in [3.8, 4) is 34.2 Å². The van der Waals surface area contributed by atoms with E-state index in [1.807, 2.05) is 54.6 Å². The number of nitrogens with zero attached hydrogens (tertiary/aromatic N) is 2. The van der Waals surface area contributed by atoms with Gasteiger partial charge in [-0.1, -0.05) is 23.7 Å². The molecule has 0 bridgehead atoms. The molecule has 0 aliphatic carbocycles. The second-order valence-corrected chi connectivity index (χ2v) is 7.84. The third-order valence-electron chi connectivity index (χ3n) is 5.27. The molecule has 0 spiro atoms. The average Bonchev–Trinajstić information content (AvgIpc) is 3.50. The first-order valence-electron chi connectivity index (χ1n) is 10.3. The zero-order valence-corrected chi connectivity index (χ0v) is 18.5. The quantitative estimate of drug-likeness (QED) is 0.444. The van der Waals surface area contributed by atoms with Gasteiger partial charge in [-0.05, 0) is 66.2 Å². The molecular weight excluding hydrogens is 442 g/mol. The highest BCUT2D eigenvalue weighted by atomic mass is 35.5. The standard InChI is InChI=1S/C25H20ClN3O4/c1-31-20-8-6-17(7-9-20)21-13-22(29(28-21)19-4-2-3-18(26)12-19)25(30)27-14-16-5-10-23-24(11-16)33-15-32-23/h2-13H,14-15H2,1H3,(H,27,30). The van der Waals surface area contributed by atoms with Crippen molar-refractivity contribution in [2.24, 2.45) is 0 Å². The Bertz CT molecular complexity index is 1320. The number of benzene rings is 3. The van der Waals surface area contributed by atoms with Crippen molar-refractivity contribution in [3.05, 3.63) is 89.1 Å². The number of amides is 1. The first-order valence-corrected chi connectivity index (χ1v) is 10.7. The van der Waals surface area contributed by atoms with Gasteiger partial charge >= 0.3 is 0 Å². The molecule has 1 N–H and O–H groups in total. The Hall–Kier alpha value is -3.97. The number of carbonyl (C=O) groups is 1. The molecule has 0 saturated heterocycles. The highest BCUT2D eigenvalue weighted by Crippen LogP contribution is 2.32. The van der Waals surface area contributed by atoms with Crippen LogP contribution in [-0.2, 0) is 6.54 Å². The van der Waals surface area contributed by atoms with Gasteiger partial charge in [-0.3, -0.25) is 4.79 Å². The van der Waals surface area contributed by atoms with Gasteiger partial charge in [0.05, 0.1) is 18.5 Å². The van der Waals surface area contributed by atoms with E-state index in [1.165, 1.54) is 0 Å². The van der Waals surface area contributed by atoms with Gasteiger partial charge in [-0.15, -0.1) is 0 Å². The summed E-state index contributed by atoms with van der Waals surface area (Å²) in [5.74, 6) is 1.86. The molecule has 3 aromatic carbocycles. The van der Waals surface area contributed by atoms with Crippen LogP contribution in [0.25, 0.3) is 16.9 Å². The fraction of sp³-hybridized carbons (Fsp3) is 0.120. The molecule has 8 heteroatoms. The summed E-state index contributed by atoms with van der Waals surface area (Å²) in [6, 6.07) is 22.1. The van der Waals surface area contributed by atoms with Gasteiger partial charge in [0.1, 0.15) is 11.4 Å². The van der Waals surface area contributed by atoms with E-state index < -0.39 is 0 Å². The minimum absolute atomic E-state index is 0.206. The fourth-order valence-corrected chi connectivity index (χ4v) is 3.76. The molecule has 5 rings (SSSR count). The normalized spacial score (nSPS) is 11.9. The molecule has 1 amide bonds. The van der Waals surface area contributed by atoms with Gasteiger partial charge in [0.25, 0.3) is 5.91 Å². The van der Waals surface area contributed by atoms with E-state index in [1.54, 1.807) is 30.0 Å². The van der Waals surface area contributed by atoms with E-state index in [4.69, 9.17) is 30.9 Å². The molecule has 1 aliphatic rings. The highest BCUT2D eigenvalue weighted by Gasteiger charge is 2.19. The lowest BCUT2D eigenvalue weighted by atomic mass is 10.1. The monoisotopic (exact) mass is 461 g/mol. The summed E-state index contributed by atoms with van der Waals surface area (Å²) in [6.45, 7) is 0.534. The Morgan fingerprint density at radius 2 is 1.88 bits per heavy atom. The van der Waals surface area contributed by atoms with E-state index in [9.17, 15) is 4.79 Å². The largest absolute Gasteiger partial charge is 0.497 e. The average molecular weight is 462 g/mol. The SMILES string of the molecule is COc1ccc(-c2cc(C(=O)NCc3ccc4c(c3)OCO4)n(-c3cccc(Cl)c3)n2)cc1. The van der Waals surface area contributed by atoms with E-state index in [0.717, 1.165) is 16.9 Å². The number of fused-ring (bicyclic) bond motifs is 1. The van der Waals surface area contributed by atoms with Crippen LogP contribution < -0.4 is 19.5 Å². The Morgan fingerprint density at radius 3 is 2.67 bits per heavy atom. The molecule has 1 aliphatic heterocycles. The van der Waals surface area contributed by atoms with Crippen LogP contribution in [0.4, 0.5) is 0 Å². The minimum Gasteiger partial charge on any atom is -0.497 e. The van der Waals surface area contributed by atoms with Gasteiger partial charge in [-0.25, -0.2) is 4.68 Å². The van der Waals surface area contributed by atoms with Crippen LogP contribution in [-0.4, -0.2) is 29.6 Å². The summed E-state index contributed by atoms with van der Waals surface area (Å²) in [7, 11) is 1.62. The topological polar surface area (TPSA) is 74.6 Å². The van der Waals surface area contributed by atoms with Crippen molar-refractivity contribution < 1.29 is 19.0 Å². The lowest BCUT2D eigenvalue weighted by Crippen LogP contribution is -2.25. The molecule has 1 aromatic heterocycles. The number of nitrogens with one attached hydrogen (secondary N) is 1. The number of hydrogen-bond acceptors (Lipinski definition) is 5. The number of ether oxygens (including phenoxy) is 3. The lowest BCUT2D eigenvalue weighted by molar-refractivity contribution is 0.0943. The van der Waals surface area contributed by atoms with Crippen molar-refractivity contribution in [1.82, 2.24) is 15.1 Å². The molecule has 0 unspecified atom stereocenters. The summed E-state index contributed by atoms with van der Waals surface area (Å²) in [5, 5.41) is 8.21. The summed E-state index contributed by atoms with van der Waals surface area (Å²) < 4.78 is 17.6. The number of methoxy groups -OCH3 is 1. The maximum atomic E-state index is 13.2. The number of hydrogen-bond donors (Lipinski definition) is 1. The predicted molar refractivity (Wildman–Crippen MR) is 124 cm³/mol.